The zero-order valence-corrected chi connectivity index (χ0v) is 5.57. The molecule has 0 atom stereocenters. The van der Waals surface area contributed by atoms with E-state index in [1.165, 1.54) is 6.07 Å². The first-order chi connectivity index (χ1) is 5.29. The van der Waals surface area contributed by atoms with E-state index in [0.29, 0.717) is 11.4 Å². The zero-order valence-electron chi connectivity index (χ0n) is 5.57. The Labute approximate surface area is 62.8 Å². The monoisotopic (exact) mass is 153 g/mol. The molecule has 0 aliphatic carbocycles. The minimum atomic E-state index is 0.103. The number of nitrogens with zero attached hydrogens (tertiary/aromatic N) is 1. The fourth-order valence-electron chi connectivity index (χ4n) is 1.00. The number of benzene rings is 1. The van der Waals surface area contributed by atoms with Gasteiger partial charge < -0.3 is 5.11 Å². The highest BCUT2D eigenvalue weighted by atomic mass is 16.6. The maximum Gasteiger partial charge on any atom is 0.142 e. The highest BCUT2D eigenvalue weighted by molar-refractivity contribution is 5.77. The van der Waals surface area contributed by atoms with E-state index in [0.717, 1.165) is 5.17 Å². The van der Waals surface area contributed by atoms with Crippen LogP contribution >= 0.6 is 0 Å². The van der Waals surface area contributed by atoms with Crippen LogP contribution in [0.5, 0.6) is 5.75 Å². The molecular formula is C6H7N3O2. The van der Waals surface area contributed by atoms with Gasteiger partial charge in [-0.25, -0.2) is 0 Å². The summed E-state index contributed by atoms with van der Waals surface area (Å²) in [5, 5.41) is 19.1. The number of aromatic hydroxyl groups is 1. The quantitative estimate of drug-likeness (QED) is 0.407. The molecule has 1 heterocycles. The van der Waals surface area contributed by atoms with Crippen LogP contribution in [0.2, 0.25) is 0 Å². The molecule has 0 unspecified atom stereocenters. The lowest BCUT2D eigenvalue weighted by molar-refractivity contribution is 0.230. The van der Waals surface area contributed by atoms with Crippen LogP contribution in [0.15, 0.2) is 18.2 Å². The van der Waals surface area contributed by atoms with Crippen LogP contribution in [-0.4, -0.2) is 10.3 Å². The van der Waals surface area contributed by atoms with E-state index in [-0.39, 0.29) is 5.75 Å². The molecule has 0 radical (unpaired) electrons. The van der Waals surface area contributed by atoms with E-state index in [4.69, 9.17) is 5.21 Å². The number of nitrogens with one attached hydrogen (secondary N) is 2. The van der Waals surface area contributed by atoms with Crippen LogP contribution < -0.4 is 16.1 Å². The van der Waals surface area contributed by atoms with Crippen molar-refractivity contribution in [3.05, 3.63) is 18.2 Å². The second kappa shape index (κ2) is 2.01. The molecule has 5 nitrogen and oxygen atoms in total. The average Bonchev–Trinajstić information content (AvgIpc) is 2.35. The summed E-state index contributed by atoms with van der Waals surface area (Å²) in [5.41, 5.74) is 5.98. The Morgan fingerprint density at radius 2 is 2.18 bits per heavy atom. The van der Waals surface area contributed by atoms with E-state index < -0.39 is 0 Å². The fraction of sp³-hybridized carbons (Fsp3) is 0. The molecule has 0 aromatic heterocycles. The number of para-hydroxylation sites is 1. The molecule has 1 aromatic carbocycles. The van der Waals surface area contributed by atoms with Crippen molar-refractivity contribution in [1.29, 1.82) is 0 Å². The molecule has 1 aliphatic rings. The van der Waals surface area contributed by atoms with Gasteiger partial charge >= 0.3 is 0 Å². The Kier molecular flexibility index (Phi) is 1.14. The van der Waals surface area contributed by atoms with Crippen LogP contribution in [0.25, 0.3) is 0 Å². The SMILES string of the molecule is Oc1cccc2c1NNN2O. The third-order valence-electron chi connectivity index (χ3n) is 1.54. The highest BCUT2D eigenvalue weighted by Gasteiger charge is 2.18. The minimum absolute atomic E-state index is 0.103. The molecule has 5 heteroatoms. The number of hydrogen-bond donors (Lipinski definition) is 4. The van der Waals surface area contributed by atoms with E-state index in [2.05, 4.69) is 11.0 Å². The smallest absolute Gasteiger partial charge is 0.142 e. The van der Waals surface area contributed by atoms with Crippen LogP contribution in [0.4, 0.5) is 11.4 Å². The second-order valence-electron chi connectivity index (χ2n) is 2.22. The molecule has 0 fully saturated rings. The average molecular weight is 153 g/mol. The first-order valence-electron chi connectivity index (χ1n) is 3.11. The van der Waals surface area contributed by atoms with Gasteiger partial charge in [0.25, 0.3) is 0 Å². The summed E-state index contributed by atoms with van der Waals surface area (Å²) in [6, 6.07) is 4.85. The summed E-state index contributed by atoms with van der Waals surface area (Å²) in [6.07, 6.45) is 0. The van der Waals surface area contributed by atoms with E-state index in [1.54, 1.807) is 12.1 Å². The first kappa shape index (κ1) is 6.26. The summed E-state index contributed by atoms with van der Waals surface area (Å²) < 4.78 is 0. The van der Waals surface area contributed by atoms with Crippen LogP contribution in [0.1, 0.15) is 0 Å². The van der Waals surface area contributed by atoms with Crippen molar-refractivity contribution in [3.63, 3.8) is 0 Å². The van der Waals surface area contributed by atoms with Crippen molar-refractivity contribution in [3.8, 4) is 5.75 Å². The Bertz CT molecular complexity index is 289. The molecule has 1 aromatic rings. The van der Waals surface area contributed by atoms with Gasteiger partial charge in [0, 0.05) is 0 Å². The molecule has 0 bridgehead atoms. The third kappa shape index (κ3) is 0.787. The zero-order chi connectivity index (χ0) is 7.84. The lowest BCUT2D eigenvalue weighted by Gasteiger charge is -2.05. The number of rotatable bonds is 0. The largest absolute Gasteiger partial charge is 0.506 e. The maximum absolute atomic E-state index is 9.21. The molecule has 0 spiro atoms. The van der Waals surface area contributed by atoms with Crippen LogP contribution in [0, 0.1) is 0 Å². The predicted octanol–water partition coefficient (Wildman–Crippen LogP) is 0.433. The van der Waals surface area contributed by atoms with Gasteiger partial charge in [-0.3, -0.25) is 10.6 Å². The van der Waals surface area contributed by atoms with Crippen molar-refractivity contribution in [2.24, 2.45) is 0 Å². The molecule has 4 N–H and O–H groups in total. The van der Waals surface area contributed by atoms with Gasteiger partial charge in [-0.05, 0) is 12.1 Å². The van der Waals surface area contributed by atoms with Gasteiger partial charge in [0.1, 0.15) is 17.1 Å². The normalized spacial score (nSPS) is 14.5. The molecule has 2 rings (SSSR count). The molecular weight excluding hydrogens is 146 g/mol. The molecule has 0 saturated heterocycles. The van der Waals surface area contributed by atoms with E-state index in [1.807, 2.05) is 0 Å². The standard InChI is InChI=1S/C6H7N3O2/c10-5-3-1-2-4-6(5)7-8-9(4)11/h1-3,7-8,10-11H. The lowest BCUT2D eigenvalue weighted by atomic mass is 10.2. The summed E-state index contributed by atoms with van der Waals surface area (Å²) in [7, 11) is 0. The molecule has 11 heavy (non-hydrogen) atoms. The molecule has 1 aliphatic heterocycles. The number of phenolic OH excluding ortho intramolecular Hbond substituents is 1. The highest BCUT2D eigenvalue weighted by Crippen LogP contribution is 2.35. The Balaban J connectivity index is 2.57. The number of hydrogen-bond acceptors (Lipinski definition) is 5. The Morgan fingerprint density at radius 1 is 1.36 bits per heavy atom. The molecule has 0 saturated carbocycles. The van der Waals surface area contributed by atoms with Crippen LogP contribution in [0.3, 0.4) is 0 Å². The molecule has 58 valence electrons. The van der Waals surface area contributed by atoms with Gasteiger partial charge in [-0.1, -0.05) is 6.07 Å². The molecule has 0 amide bonds. The third-order valence-corrected chi connectivity index (χ3v) is 1.54. The summed E-state index contributed by atoms with van der Waals surface area (Å²) in [6.45, 7) is 0. The lowest BCUT2D eigenvalue weighted by Crippen LogP contribution is -2.32. The second-order valence-corrected chi connectivity index (χ2v) is 2.22. The van der Waals surface area contributed by atoms with Crippen molar-refractivity contribution in [1.82, 2.24) is 5.53 Å². The Morgan fingerprint density at radius 3 is 2.91 bits per heavy atom. The van der Waals surface area contributed by atoms with E-state index >= 15 is 0 Å². The van der Waals surface area contributed by atoms with Crippen molar-refractivity contribution >= 4 is 11.4 Å². The van der Waals surface area contributed by atoms with Crippen molar-refractivity contribution < 1.29 is 10.3 Å². The van der Waals surface area contributed by atoms with Gasteiger partial charge in [0.2, 0.25) is 0 Å². The number of phenols is 1. The first-order valence-corrected chi connectivity index (χ1v) is 3.11. The van der Waals surface area contributed by atoms with Gasteiger partial charge in [0.15, 0.2) is 0 Å². The fourth-order valence-corrected chi connectivity index (χ4v) is 1.00. The Hall–Kier alpha value is -1.46. The maximum atomic E-state index is 9.21. The number of fused-ring (bicyclic) bond motifs is 1. The topological polar surface area (TPSA) is 67.8 Å². The van der Waals surface area contributed by atoms with Crippen LogP contribution in [-0.2, 0) is 0 Å². The van der Waals surface area contributed by atoms with Crippen molar-refractivity contribution in [2.75, 3.05) is 10.6 Å². The van der Waals surface area contributed by atoms with Crippen molar-refractivity contribution in [2.45, 2.75) is 0 Å². The summed E-state index contributed by atoms with van der Waals surface area (Å²) in [4.78, 5) is 0. The summed E-state index contributed by atoms with van der Waals surface area (Å²) >= 11 is 0. The predicted molar refractivity (Wildman–Crippen MR) is 39.1 cm³/mol. The van der Waals surface area contributed by atoms with Gasteiger partial charge in [-0.15, -0.1) is 5.53 Å². The van der Waals surface area contributed by atoms with Gasteiger partial charge in [0.05, 0.1) is 0 Å². The van der Waals surface area contributed by atoms with E-state index in [9.17, 15) is 5.11 Å². The minimum Gasteiger partial charge on any atom is -0.506 e. The number of anilines is 2. The summed E-state index contributed by atoms with van der Waals surface area (Å²) in [5.74, 6) is 0.103. The van der Waals surface area contributed by atoms with Gasteiger partial charge in [-0.2, -0.15) is 5.17 Å². The number of hydrazine groups is 2.